The van der Waals surface area contributed by atoms with Gasteiger partial charge in [0.1, 0.15) is 5.69 Å². The SMILES string of the molecule is CCn1ncc(Cl)c1C(=O)Nc1ccn(Cc2ccc(Cl)cc2)n1. The molecule has 0 spiro atoms. The van der Waals surface area contributed by atoms with E-state index in [0.29, 0.717) is 34.6 Å². The normalized spacial score (nSPS) is 10.8. The van der Waals surface area contributed by atoms with Gasteiger partial charge in [-0.1, -0.05) is 35.3 Å². The molecule has 8 heteroatoms. The molecule has 6 nitrogen and oxygen atoms in total. The second kappa shape index (κ2) is 7.07. The van der Waals surface area contributed by atoms with Crippen molar-refractivity contribution in [1.29, 1.82) is 0 Å². The van der Waals surface area contributed by atoms with Gasteiger partial charge in [0.25, 0.3) is 5.91 Å². The Morgan fingerprint density at radius 2 is 1.96 bits per heavy atom. The molecule has 2 heterocycles. The van der Waals surface area contributed by atoms with E-state index in [1.165, 1.54) is 6.20 Å². The number of hydrogen-bond acceptors (Lipinski definition) is 3. The van der Waals surface area contributed by atoms with Crippen molar-refractivity contribution >= 4 is 34.9 Å². The highest BCUT2D eigenvalue weighted by atomic mass is 35.5. The average Bonchev–Trinajstić information content (AvgIpc) is 3.15. The zero-order valence-electron chi connectivity index (χ0n) is 12.9. The Morgan fingerprint density at radius 1 is 1.21 bits per heavy atom. The van der Waals surface area contributed by atoms with E-state index >= 15 is 0 Å². The van der Waals surface area contributed by atoms with Gasteiger partial charge in [-0.3, -0.25) is 14.2 Å². The molecular formula is C16H15Cl2N5O. The van der Waals surface area contributed by atoms with E-state index in [0.717, 1.165) is 5.56 Å². The van der Waals surface area contributed by atoms with E-state index in [2.05, 4.69) is 15.5 Å². The minimum Gasteiger partial charge on any atom is -0.304 e. The number of carbonyl (C=O) groups is 1. The lowest BCUT2D eigenvalue weighted by Gasteiger charge is -2.05. The van der Waals surface area contributed by atoms with Gasteiger partial charge in [0.15, 0.2) is 5.82 Å². The van der Waals surface area contributed by atoms with Crippen LogP contribution in [0.2, 0.25) is 10.0 Å². The van der Waals surface area contributed by atoms with Crippen LogP contribution in [0.25, 0.3) is 0 Å². The number of carbonyl (C=O) groups excluding carboxylic acids is 1. The Bertz CT molecular complexity index is 854. The molecule has 0 aliphatic carbocycles. The van der Waals surface area contributed by atoms with Crippen molar-refractivity contribution in [2.45, 2.75) is 20.0 Å². The van der Waals surface area contributed by atoms with Crippen LogP contribution in [-0.2, 0) is 13.1 Å². The summed E-state index contributed by atoms with van der Waals surface area (Å²) in [6.45, 7) is 3.03. The summed E-state index contributed by atoms with van der Waals surface area (Å²) in [5.41, 5.74) is 1.39. The Hall–Kier alpha value is -2.31. The van der Waals surface area contributed by atoms with E-state index in [9.17, 15) is 4.79 Å². The molecule has 0 aliphatic rings. The molecule has 2 aromatic heterocycles. The lowest BCUT2D eigenvalue weighted by atomic mass is 10.2. The first-order chi connectivity index (χ1) is 11.6. The molecule has 1 amide bonds. The maximum atomic E-state index is 12.4. The van der Waals surface area contributed by atoms with Gasteiger partial charge >= 0.3 is 0 Å². The molecule has 24 heavy (non-hydrogen) atoms. The van der Waals surface area contributed by atoms with Crippen molar-refractivity contribution in [3.05, 3.63) is 64.0 Å². The molecule has 0 fully saturated rings. The first kappa shape index (κ1) is 16.5. The Kier molecular flexibility index (Phi) is 4.87. The molecule has 1 N–H and O–H groups in total. The number of benzene rings is 1. The number of aryl methyl sites for hydroxylation is 1. The molecule has 3 aromatic rings. The van der Waals surface area contributed by atoms with Crippen LogP contribution < -0.4 is 5.32 Å². The number of amides is 1. The summed E-state index contributed by atoms with van der Waals surface area (Å²) in [6.07, 6.45) is 3.25. The number of aromatic nitrogens is 4. The maximum Gasteiger partial charge on any atom is 0.276 e. The van der Waals surface area contributed by atoms with Crippen molar-refractivity contribution in [3.8, 4) is 0 Å². The summed E-state index contributed by atoms with van der Waals surface area (Å²) >= 11 is 11.9. The van der Waals surface area contributed by atoms with Crippen LogP contribution in [0.1, 0.15) is 23.0 Å². The van der Waals surface area contributed by atoms with Gasteiger partial charge in [0.05, 0.1) is 17.8 Å². The van der Waals surface area contributed by atoms with E-state index < -0.39 is 0 Å². The minimum atomic E-state index is -0.337. The van der Waals surface area contributed by atoms with Crippen LogP contribution in [0.4, 0.5) is 5.82 Å². The van der Waals surface area contributed by atoms with Crippen molar-refractivity contribution in [1.82, 2.24) is 19.6 Å². The van der Waals surface area contributed by atoms with Crippen LogP contribution in [0.5, 0.6) is 0 Å². The minimum absolute atomic E-state index is 0.315. The lowest BCUT2D eigenvalue weighted by Crippen LogP contribution is -2.18. The topological polar surface area (TPSA) is 64.7 Å². The van der Waals surface area contributed by atoms with Crippen molar-refractivity contribution in [2.24, 2.45) is 0 Å². The number of halogens is 2. The monoisotopic (exact) mass is 363 g/mol. The molecule has 0 saturated heterocycles. The number of rotatable bonds is 5. The molecule has 0 saturated carbocycles. The molecule has 0 aliphatic heterocycles. The van der Waals surface area contributed by atoms with Crippen LogP contribution in [-0.4, -0.2) is 25.5 Å². The fraction of sp³-hybridized carbons (Fsp3) is 0.188. The van der Waals surface area contributed by atoms with Crippen LogP contribution >= 0.6 is 23.2 Å². The zero-order chi connectivity index (χ0) is 17.1. The quantitative estimate of drug-likeness (QED) is 0.751. The summed E-state index contributed by atoms with van der Waals surface area (Å²) in [5, 5.41) is 12.1. The fourth-order valence-corrected chi connectivity index (χ4v) is 2.65. The molecule has 124 valence electrons. The summed E-state index contributed by atoms with van der Waals surface area (Å²) in [5.74, 6) is 0.116. The zero-order valence-corrected chi connectivity index (χ0v) is 14.4. The predicted molar refractivity (Wildman–Crippen MR) is 93.6 cm³/mol. The third-order valence-corrected chi connectivity index (χ3v) is 3.98. The van der Waals surface area contributed by atoms with Crippen molar-refractivity contribution in [3.63, 3.8) is 0 Å². The molecular weight excluding hydrogens is 349 g/mol. The summed E-state index contributed by atoms with van der Waals surface area (Å²) in [4.78, 5) is 12.4. The van der Waals surface area contributed by atoms with Crippen LogP contribution in [0.3, 0.4) is 0 Å². The largest absolute Gasteiger partial charge is 0.304 e. The predicted octanol–water partition coefficient (Wildman–Crippen LogP) is 3.71. The van der Waals surface area contributed by atoms with Crippen LogP contribution in [0, 0.1) is 0 Å². The molecule has 0 atom stereocenters. The first-order valence-electron chi connectivity index (χ1n) is 7.37. The van der Waals surface area contributed by atoms with Gasteiger partial charge in [-0.25, -0.2) is 0 Å². The van der Waals surface area contributed by atoms with Gasteiger partial charge in [0, 0.05) is 23.8 Å². The van der Waals surface area contributed by atoms with E-state index in [1.807, 2.05) is 31.2 Å². The summed E-state index contributed by atoms with van der Waals surface area (Å²) < 4.78 is 3.28. The standard InChI is InChI=1S/C16H15Cl2N5O/c1-2-23-15(13(18)9-19-23)16(24)20-14-7-8-22(21-14)10-11-3-5-12(17)6-4-11/h3-9H,2,10H2,1H3,(H,20,21,24). The van der Waals surface area contributed by atoms with Gasteiger partial charge in [-0.15, -0.1) is 0 Å². The van der Waals surface area contributed by atoms with Gasteiger partial charge < -0.3 is 5.32 Å². The smallest absolute Gasteiger partial charge is 0.276 e. The first-order valence-corrected chi connectivity index (χ1v) is 8.13. The average molecular weight is 364 g/mol. The molecule has 3 rings (SSSR count). The maximum absolute atomic E-state index is 12.4. The number of hydrogen-bond donors (Lipinski definition) is 1. The van der Waals surface area contributed by atoms with E-state index in [4.69, 9.17) is 23.2 Å². The summed E-state index contributed by atoms with van der Waals surface area (Å²) in [6, 6.07) is 9.26. The molecule has 0 radical (unpaired) electrons. The van der Waals surface area contributed by atoms with Crippen LogP contribution in [0.15, 0.2) is 42.7 Å². The molecule has 1 aromatic carbocycles. The fourth-order valence-electron chi connectivity index (χ4n) is 2.30. The van der Waals surface area contributed by atoms with Gasteiger partial charge in [-0.05, 0) is 24.6 Å². The number of anilines is 1. The third kappa shape index (κ3) is 3.60. The highest BCUT2D eigenvalue weighted by Crippen LogP contribution is 2.17. The second-order valence-corrected chi connectivity index (χ2v) is 5.98. The Labute approximate surface area is 149 Å². The van der Waals surface area contributed by atoms with Gasteiger partial charge in [0.2, 0.25) is 0 Å². The Balaban J connectivity index is 1.70. The molecule has 0 bridgehead atoms. The van der Waals surface area contributed by atoms with Gasteiger partial charge in [-0.2, -0.15) is 10.2 Å². The van der Waals surface area contributed by atoms with Crippen molar-refractivity contribution in [2.75, 3.05) is 5.32 Å². The Morgan fingerprint density at radius 3 is 2.67 bits per heavy atom. The van der Waals surface area contributed by atoms with Crippen molar-refractivity contribution < 1.29 is 4.79 Å². The third-order valence-electron chi connectivity index (χ3n) is 3.45. The number of nitrogens with one attached hydrogen (secondary N) is 1. The number of nitrogens with zero attached hydrogens (tertiary/aromatic N) is 4. The molecule has 0 unspecified atom stereocenters. The second-order valence-electron chi connectivity index (χ2n) is 5.14. The van der Waals surface area contributed by atoms with E-state index in [-0.39, 0.29) is 5.91 Å². The highest BCUT2D eigenvalue weighted by Gasteiger charge is 2.17. The summed E-state index contributed by atoms with van der Waals surface area (Å²) in [7, 11) is 0. The highest BCUT2D eigenvalue weighted by molar-refractivity contribution is 6.34. The lowest BCUT2D eigenvalue weighted by molar-refractivity contribution is 0.101. The van der Waals surface area contributed by atoms with E-state index in [1.54, 1.807) is 21.6 Å².